The molecule has 1 aromatic carbocycles. The second-order valence-electron chi connectivity index (χ2n) is 3.79. The minimum Gasteiger partial charge on any atom is -0.508 e. The summed E-state index contributed by atoms with van der Waals surface area (Å²) in [4.78, 5) is 24.2. The first kappa shape index (κ1) is 13.0. The molecule has 0 aliphatic heterocycles. The number of carbonyl (C=O) groups excluding carboxylic acids is 2. The monoisotopic (exact) mass is 236 g/mol. The number of phenols is 1. The molecular weight excluding hydrogens is 220 g/mol. The van der Waals surface area contributed by atoms with Gasteiger partial charge in [0.15, 0.2) is 0 Å². The normalized spacial score (nSPS) is 10.0. The van der Waals surface area contributed by atoms with Crippen molar-refractivity contribution in [3.63, 3.8) is 0 Å². The number of hydrogen-bond donors (Lipinski definition) is 2. The Morgan fingerprint density at radius 3 is 2.53 bits per heavy atom. The summed E-state index contributed by atoms with van der Waals surface area (Å²) >= 11 is 0. The molecule has 2 amide bonds. The lowest BCUT2D eigenvalue weighted by Gasteiger charge is -2.19. The van der Waals surface area contributed by atoms with Crippen LogP contribution in [0.3, 0.4) is 0 Å². The molecule has 0 radical (unpaired) electrons. The van der Waals surface area contributed by atoms with Gasteiger partial charge in [-0.2, -0.15) is 0 Å². The van der Waals surface area contributed by atoms with E-state index in [9.17, 15) is 14.7 Å². The molecule has 0 saturated carbocycles. The number of benzene rings is 1. The minimum atomic E-state index is -0.546. The maximum Gasteiger partial charge on any atom is 0.254 e. The standard InChI is InChI=1S/C12H16N2O3/c1-3-14(7-11(13)16)12(17)9-4-5-10(15)8(2)6-9/h4-6,15H,3,7H2,1-2H3,(H2,13,16). The number of hydrogen-bond acceptors (Lipinski definition) is 3. The minimum absolute atomic E-state index is 0.102. The van der Waals surface area contributed by atoms with Gasteiger partial charge in [-0.1, -0.05) is 0 Å². The van der Waals surface area contributed by atoms with E-state index < -0.39 is 5.91 Å². The quantitative estimate of drug-likeness (QED) is 0.805. The number of aryl methyl sites for hydroxylation is 1. The number of likely N-dealkylation sites (N-methyl/N-ethyl adjacent to an activating group) is 1. The Balaban J connectivity index is 2.93. The van der Waals surface area contributed by atoms with Gasteiger partial charge in [0.1, 0.15) is 5.75 Å². The molecule has 0 aliphatic rings. The van der Waals surface area contributed by atoms with Crippen LogP contribution in [0.4, 0.5) is 0 Å². The third kappa shape index (κ3) is 3.21. The molecule has 0 aliphatic carbocycles. The first-order valence-corrected chi connectivity index (χ1v) is 5.33. The summed E-state index contributed by atoms with van der Waals surface area (Å²) in [6, 6.07) is 4.57. The van der Waals surface area contributed by atoms with Gasteiger partial charge in [-0.25, -0.2) is 0 Å². The fourth-order valence-corrected chi connectivity index (χ4v) is 1.49. The number of carbonyl (C=O) groups is 2. The number of aromatic hydroxyl groups is 1. The molecule has 0 spiro atoms. The lowest BCUT2D eigenvalue weighted by molar-refractivity contribution is -0.118. The molecule has 5 heteroatoms. The van der Waals surface area contributed by atoms with Crippen molar-refractivity contribution < 1.29 is 14.7 Å². The number of amides is 2. The van der Waals surface area contributed by atoms with E-state index in [2.05, 4.69) is 0 Å². The number of rotatable bonds is 4. The number of primary amides is 1. The number of phenolic OH excluding ortho intramolecular Hbond substituents is 1. The summed E-state index contributed by atoms with van der Waals surface area (Å²) in [5.41, 5.74) is 6.12. The Bertz CT molecular complexity index is 443. The molecule has 0 fully saturated rings. The lowest BCUT2D eigenvalue weighted by atomic mass is 10.1. The van der Waals surface area contributed by atoms with Gasteiger partial charge in [-0.05, 0) is 37.6 Å². The molecule has 0 heterocycles. The first-order valence-electron chi connectivity index (χ1n) is 5.33. The summed E-state index contributed by atoms with van der Waals surface area (Å²) in [5, 5.41) is 9.37. The van der Waals surface area contributed by atoms with Crippen molar-refractivity contribution in [1.29, 1.82) is 0 Å². The second kappa shape index (κ2) is 5.34. The third-order valence-corrected chi connectivity index (χ3v) is 2.46. The van der Waals surface area contributed by atoms with Crippen LogP contribution in [0.1, 0.15) is 22.8 Å². The van der Waals surface area contributed by atoms with Crippen LogP contribution in [-0.4, -0.2) is 34.9 Å². The van der Waals surface area contributed by atoms with Crippen molar-refractivity contribution in [3.8, 4) is 5.75 Å². The van der Waals surface area contributed by atoms with Crippen molar-refractivity contribution in [2.45, 2.75) is 13.8 Å². The molecule has 0 aromatic heterocycles. The summed E-state index contributed by atoms with van der Waals surface area (Å²) < 4.78 is 0. The Hall–Kier alpha value is -2.04. The molecule has 0 saturated heterocycles. The van der Waals surface area contributed by atoms with Crippen molar-refractivity contribution in [1.82, 2.24) is 4.90 Å². The van der Waals surface area contributed by atoms with Crippen LogP contribution in [0.25, 0.3) is 0 Å². The Morgan fingerprint density at radius 2 is 2.06 bits per heavy atom. The van der Waals surface area contributed by atoms with Crippen LogP contribution in [0.5, 0.6) is 5.75 Å². The predicted octanol–water partition coefficient (Wildman–Crippen LogP) is 0.648. The van der Waals surface area contributed by atoms with Gasteiger partial charge in [-0.15, -0.1) is 0 Å². The van der Waals surface area contributed by atoms with Crippen molar-refractivity contribution in [2.24, 2.45) is 5.73 Å². The average molecular weight is 236 g/mol. The van der Waals surface area contributed by atoms with E-state index in [1.165, 1.54) is 17.0 Å². The van der Waals surface area contributed by atoms with Crippen LogP contribution < -0.4 is 5.73 Å². The van der Waals surface area contributed by atoms with Gasteiger partial charge in [-0.3, -0.25) is 9.59 Å². The van der Waals surface area contributed by atoms with E-state index in [-0.39, 0.29) is 18.2 Å². The van der Waals surface area contributed by atoms with Crippen molar-refractivity contribution in [3.05, 3.63) is 29.3 Å². The maximum atomic E-state index is 12.0. The van der Waals surface area contributed by atoms with Crippen molar-refractivity contribution >= 4 is 11.8 Å². The molecule has 1 rings (SSSR count). The van der Waals surface area contributed by atoms with Gasteiger partial charge in [0.25, 0.3) is 5.91 Å². The fraction of sp³-hybridized carbons (Fsp3) is 0.333. The van der Waals surface area contributed by atoms with Gasteiger partial charge < -0.3 is 15.7 Å². The molecule has 17 heavy (non-hydrogen) atoms. The Morgan fingerprint density at radius 1 is 1.41 bits per heavy atom. The van der Waals surface area contributed by atoms with Crippen LogP contribution >= 0.6 is 0 Å². The summed E-state index contributed by atoms with van der Waals surface area (Å²) in [5.74, 6) is -0.676. The average Bonchev–Trinajstić information content (AvgIpc) is 2.28. The highest BCUT2D eigenvalue weighted by Crippen LogP contribution is 2.18. The molecule has 92 valence electrons. The van der Waals surface area contributed by atoms with Crippen LogP contribution in [0.15, 0.2) is 18.2 Å². The molecule has 0 unspecified atom stereocenters. The summed E-state index contributed by atoms with van der Waals surface area (Å²) in [7, 11) is 0. The van der Waals surface area contributed by atoms with Gasteiger partial charge in [0.2, 0.25) is 5.91 Å². The maximum absolute atomic E-state index is 12.0. The lowest BCUT2D eigenvalue weighted by Crippen LogP contribution is -2.38. The van der Waals surface area contributed by atoms with Gasteiger partial charge in [0, 0.05) is 12.1 Å². The van der Waals surface area contributed by atoms with Crippen molar-refractivity contribution in [2.75, 3.05) is 13.1 Å². The smallest absolute Gasteiger partial charge is 0.254 e. The third-order valence-electron chi connectivity index (χ3n) is 2.46. The molecule has 1 aromatic rings. The van der Waals surface area contributed by atoms with E-state index in [1.807, 2.05) is 0 Å². The van der Waals surface area contributed by atoms with E-state index in [1.54, 1.807) is 19.9 Å². The summed E-state index contributed by atoms with van der Waals surface area (Å²) in [6.07, 6.45) is 0. The van der Waals surface area contributed by atoms with Gasteiger partial charge in [0.05, 0.1) is 6.54 Å². The topological polar surface area (TPSA) is 83.6 Å². The SMILES string of the molecule is CCN(CC(N)=O)C(=O)c1ccc(O)c(C)c1. The summed E-state index contributed by atoms with van der Waals surface area (Å²) in [6.45, 7) is 3.78. The van der Waals surface area contributed by atoms with Crippen LogP contribution in [0.2, 0.25) is 0 Å². The van der Waals surface area contributed by atoms with Crippen LogP contribution in [0, 0.1) is 6.92 Å². The van der Waals surface area contributed by atoms with E-state index in [0.29, 0.717) is 17.7 Å². The Labute approximate surface area is 99.8 Å². The Kier molecular flexibility index (Phi) is 4.09. The van der Waals surface area contributed by atoms with E-state index in [0.717, 1.165) is 0 Å². The van der Waals surface area contributed by atoms with E-state index in [4.69, 9.17) is 5.73 Å². The zero-order chi connectivity index (χ0) is 13.0. The second-order valence-corrected chi connectivity index (χ2v) is 3.79. The highest BCUT2D eigenvalue weighted by atomic mass is 16.3. The molecular formula is C12H16N2O3. The zero-order valence-corrected chi connectivity index (χ0v) is 9.93. The number of nitrogens with two attached hydrogens (primary N) is 1. The molecule has 0 bridgehead atoms. The molecule has 0 atom stereocenters. The molecule has 3 N–H and O–H groups in total. The van der Waals surface area contributed by atoms with Gasteiger partial charge >= 0.3 is 0 Å². The van der Waals surface area contributed by atoms with Crippen LogP contribution in [-0.2, 0) is 4.79 Å². The number of nitrogens with zero attached hydrogens (tertiary/aromatic N) is 1. The predicted molar refractivity (Wildman–Crippen MR) is 63.6 cm³/mol. The first-order chi connectivity index (χ1) is 7.95. The largest absolute Gasteiger partial charge is 0.508 e. The highest BCUT2D eigenvalue weighted by Gasteiger charge is 2.16. The highest BCUT2D eigenvalue weighted by molar-refractivity contribution is 5.96. The fourth-order valence-electron chi connectivity index (χ4n) is 1.49. The zero-order valence-electron chi connectivity index (χ0n) is 9.93. The van der Waals surface area contributed by atoms with E-state index >= 15 is 0 Å². The molecule has 5 nitrogen and oxygen atoms in total.